The van der Waals surface area contributed by atoms with Gasteiger partial charge in [0.2, 0.25) is 5.91 Å². The first-order valence-corrected chi connectivity index (χ1v) is 11.0. The summed E-state index contributed by atoms with van der Waals surface area (Å²) in [5, 5.41) is 12.9. The fourth-order valence-corrected chi connectivity index (χ4v) is 4.03. The highest BCUT2D eigenvalue weighted by molar-refractivity contribution is 6.30. The Labute approximate surface area is 197 Å². The van der Waals surface area contributed by atoms with Gasteiger partial charge in [-0.2, -0.15) is 0 Å². The van der Waals surface area contributed by atoms with Gasteiger partial charge >= 0.3 is 5.97 Å². The second-order valence-electron chi connectivity index (χ2n) is 7.72. The molecular weight excluding hydrogens is 438 g/mol. The Hall–Kier alpha value is -3.77. The van der Waals surface area contributed by atoms with Crippen LogP contribution in [0.25, 0.3) is 5.57 Å². The van der Waals surface area contributed by atoms with Crippen LogP contribution < -0.4 is 15.1 Å². The zero-order chi connectivity index (χ0) is 23.2. The molecule has 168 valence electrons. The lowest BCUT2D eigenvalue weighted by atomic mass is 10.1. The lowest BCUT2D eigenvalue weighted by Gasteiger charge is -2.37. The maximum atomic E-state index is 12.4. The maximum absolute atomic E-state index is 12.4. The average molecular weight is 462 g/mol. The molecule has 1 saturated heterocycles. The van der Waals surface area contributed by atoms with E-state index in [1.807, 2.05) is 42.5 Å². The number of rotatable bonds is 6. The predicted molar refractivity (Wildman–Crippen MR) is 133 cm³/mol. The second kappa shape index (κ2) is 10.2. The molecule has 1 amide bonds. The molecule has 3 aromatic rings. The van der Waals surface area contributed by atoms with Crippen LogP contribution in [0.15, 0.2) is 84.9 Å². The van der Waals surface area contributed by atoms with Gasteiger partial charge in [0.1, 0.15) is 0 Å². The molecule has 2 N–H and O–H groups in total. The van der Waals surface area contributed by atoms with Crippen molar-refractivity contribution in [3.05, 3.63) is 95.5 Å². The third kappa shape index (κ3) is 5.73. The number of amides is 1. The fourth-order valence-electron chi connectivity index (χ4n) is 3.85. The Morgan fingerprint density at radius 2 is 1.45 bits per heavy atom. The second-order valence-corrected chi connectivity index (χ2v) is 8.16. The van der Waals surface area contributed by atoms with Gasteiger partial charge in [-0.25, -0.2) is 4.79 Å². The Bertz CT molecular complexity index is 1150. The standard InChI is InChI=1S/C26H24ClN3O3/c27-20-7-4-8-23(17-20)30-15-13-29(14-16-30)22-11-9-21(10-12-22)28-25(31)18-24(26(32)33)19-5-2-1-3-6-19/h1-12,17-18H,13-16H2,(H,28,31)(H,32,33)/b24-18+. The van der Waals surface area contributed by atoms with E-state index in [0.29, 0.717) is 11.3 Å². The van der Waals surface area contributed by atoms with Crippen LogP contribution in [-0.4, -0.2) is 43.2 Å². The zero-order valence-electron chi connectivity index (χ0n) is 17.9. The summed E-state index contributed by atoms with van der Waals surface area (Å²) in [6, 6.07) is 24.1. The minimum Gasteiger partial charge on any atom is -0.478 e. The van der Waals surface area contributed by atoms with Crippen molar-refractivity contribution in [3.63, 3.8) is 0 Å². The molecule has 0 saturated carbocycles. The van der Waals surface area contributed by atoms with E-state index in [9.17, 15) is 14.7 Å². The van der Waals surface area contributed by atoms with Crippen molar-refractivity contribution in [1.82, 2.24) is 0 Å². The Kier molecular flexibility index (Phi) is 6.95. The number of benzene rings is 3. The van der Waals surface area contributed by atoms with Gasteiger partial charge in [-0.1, -0.05) is 48.0 Å². The molecule has 6 nitrogen and oxygen atoms in total. The normalized spacial score (nSPS) is 14.2. The predicted octanol–water partition coefficient (Wildman–Crippen LogP) is 4.77. The molecule has 0 radical (unpaired) electrons. The molecule has 3 aromatic carbocycles. The summed E-state index contributed by atoms with van der Waals surface area (Å²) in [4.78, 5) is 28.6. The van der Waals surface area contributed by atoms with E-state index < -0.39 is 11.9 Å². The van der Waals surface area contributed by atoms with E-state index in [1.165, 1.54) is 0 Å². The van der Waals surface area contributed by atoms with Crippen molar-refractivity contribution < 1.29 is 14.7 Å². The van der Waals surface area contributed by atoms with Crippen LogP contribution in [0.4, 0.5) is 17.1 Å². The maximum Gasteiger partial charge on any atom is 0.336 e. The Balaban J connectivity index is 1.36. The highest BCUT2D eigenvalue weighted by atomic mass is 35.5. The number of hydrogen-bond donors (Lipinski definition) is 2. The van der Waals surface area contributed by atoms with Crippen LogP contribution in [0.3, 0.4) is 0 Å². The summed E-state index contributed by atoms with van der Waals surface area (Å²) in [5.74, 6) is -1.64. The molecule has 0 aliphatic carbocycles. The highest BCUT2D eigenvalue weighted by Gasteiger charge is 2.18. The monoisotopic (exact) mass is 461 g/mol. The zero-order valence-corrected chi connectivity index (χ0v) is 18.7. The molecule has 0 aromatic heterocycles. The number of carbonyl (C=O) groups excluding carboxylic acids is 1. The first kappa shape index (κ1) is 22.4. The lowest BCUT2D eigenvalue weighted by Crippen LogP contribution is -2.46. The molecular formula is C26H24ClN3O3. The van der Waals surface area contributed by atoms with Crippen molar-refractivity contribution in [2.75, 3.05) is 41.3 Å². The van der Waals surface area contributed by atoms with E-state index in [2.05, 4.69) is 21.2 Å². The molecule has 1 aliphatic heterocycles. The quantitative estimate of drug-likeness (QED) is 0.517. The van der Waals surface area contributed by atoms with Gasteiger partial charge in [0.15, 0.2) is 0 Å². The van der Waals surface area contributed by atoms with Crippen LogP contribution >= 0.6 is 11.6 Å². The molecule has 1 aliphatic rings. The molecule has 0 bridgehead atoms. The van der Waals surface area contributed by atoms with E-state index in [0.717, 1.165) is 48.7 Å². The molecule has 1 fully saturated rings. The number of carboxylic acid groups (broad SMARTS) is 1. The van der Waals surface area contributed by atoms with Crippen LogP contribution in [0, 0.1) is 0 Å². The number of carboxylic acids is 1. The topological polar surface area (TPSA) is 72.9 Å². The van der Waals surface area contributed by atoms with E-state index in [4.69, 9.17) is 11.6 Å². The number of halogens is 1. The number of nitrogens with one attached hydrogen (secondary N) is 1. The molecule has 33 heavy (non-hydrogen) atoms. The largest absolute Gasteiger partial charge is 0.478 e. The van der Waals surface area contributed by atoms with Crippen molar-refractivity contribution in [3.8, 4) is 0 Å². The van der Waals surface area contributed by atoms with E-state index >= 15 is 0 Å². The number of anilines is 3. The van der Waals surface area contributed by atoms with Crippen molar-refractivity contribution in [1.29, 1.82) is 0 Å². The number of hydrogen-bond acceptors (Lipinski definition) is 4. The number of aliphatic carboxylic acids is 1. The average Bonchev–Trinajstić information content (AvgIpc) is 2.83. The van der Waals surface area contributed by atoms with Gasteiger partial charge in [0.05, 0.1) is 5.57 Å². The molecule has 4 rings (SSSR count). The van der Waals surface area contributed by atoms with E-state index in [-0.39, 0.29) is 5.57 Å². The SMILES string of the molecule is O=C(/C=C(/C(=O)O)c1ccccc1)Nc1ccc(N2CCN(c3cccc(Cl)c3)CC2)cc1. The van der Waals surface area contributed by atoms with Crippen molar-refractivity contribution in [2.45, 2.75) is 0 Å². The summed E-state index contributed by atoms with van der Waals surface area (Å²) >= 11 is 6.11. The van der Waals surface area contributed by atoms with Gasteiger partial charge in [-0.15, -0.1) is 0 Å². The first-order valence-electron chi connectivity index (χ1n) is 10.7. The van der Waals surface area contributed by atoms with Gasteiger partial charge in [0.25, 0.3) is 0 Å². The summed E-state index contributed by atoms with van der Waals surface area (Å²) < 4.78 is 0. The third-order valence-corrected chi connectivity index (χ3v) is 5.78. The van der Waals surface area contributed by atoms with Crippen LogP contribution in [0.1, 0.15) is 5.56 Å². The molecule has 7 heteroatoms. The van der Waals surface area contributed by atoms with E-state index in [1.54, 1.807) is 30.3 Å². The van der Waals surface area contributed by atoms with Gasteiger partial charge in [-0.05, 0) is 48.0 Å². The molecule has 0 spiro atoms. The Morgan fingerprint density at radius 1 is 0.818 bits per heavy atom. The molecule has 0 atom stereocenters. The van der Waals surface area contributed by atoms with Gasteiger partial charge in [-0.3, -0.25) is 4.79 Å². The summed E-state index contributed by atoms with van der Waals surface area (Å²) in [6.45, 7) is 3.53. The third-order valence-electron chi connectivity index (χ3n) is 5.54. The fraction of sp³-hybridized carbons (Fsp3) is 0.154. The van der Waals surface area contributed by atoms with Crippen LogP contribution in [0.2, 0.25) is 5.02 Å². The molecule has 0 unspecified atom stereocenters. The number of nitrogens with zero attached hydrogens (tertiary/aromatic N) is 2. The highest BCUT2D eigenvalue weighted by Crippen LogP contribution is 2.24. The summed E-state index contributed by atoms with van der Waals surface area (Å²) in [5.41, 5.74) is 3.24. The van der Waals surface area contributed by atoms with Gasteiger partial charge < -0.3 is 20.2 Å². The minimum atomic E-state index is -1.15. The van der Waals surface area contributed by atoms with Crippen molar-refractivity contribution >= 4 is 46.1 Å². The van der Waals surface area contributed by atoms with Crippen molar-refractivity contribution in [2.24, 2.45) is 0 Å². The first-order chi connectivity index (χ1) is 16.0. The smallest absolute Gasteiger partial charge is 0.336 e. The van der Waals surface area contributed by atoms with Crippen LogP contribution in [-0.2, 0) is 9.59 Å². The lowest BCUT2D eigenvalue weighted by molar-refractivity contribution is -0.130. The number of piperazine rings is 1. The van der Waals surface area contributed by atoms with Gasteiger partial charge in [0, 0.05) is 54.3 Å². The summed E-state index contributed by atoms with van der Waals surface area (Å²) in [6.07, 6.45) is 1.11. The number of carbonyl (C=O) groups is 2. The molecule has 1 heterocycles. The van der Waals surface area contributed by atoms with Crippen LogP contribution in [0.5, 0.6) is 0 Å². The minimum absolute atomic E-state index is 0.0534. The summed E-state index contributed by atoms with van der Waals surface area (Å²) in [7, 11) is 0. The Morgan fingerprint density at radius 3 is 2.06 bits per heavy atom.